The van der Waals surface area contributed by atoms with Gasteiger partial charge in [-0.25, -0.2) is 0 Å². The van der Waals surface area contributed by atoms with Crippen LogP contribution in [-0.2, 0) is 4.79 Å². The first-order valence-corrected chi connectivity index (χ1v) is 6.80. The highest BCUT2D eigenvalue weighted by Gasteiger charge is 2.32. The van der Waals surface area contributed by atoms with Gasteiger partial charge in [0.25, 0.3) is 0 Å². The quantitative estimate of drug-likeness (QED) is 0.666. The standard InChI is InChI=1S/C13H24N2O2/c1-10-3-2-6-13(17,7-10)9-14-8-12(16)15-11-4-5-11/h10-11,14,17H,2-9H2,1H3,(H,15,16). The summed E-state index contributed by atoms with van der Waals surface area (Å²) in [4.78, 5) is 11.4. The molecule has 17 heavy (non-hydrogen) atoms. The molecule has 4 nitrogen and oxygen atoms in total. The number of hydrogen-bond donors (Lipinski definition) is 3. The first-order valence-electron chi connectivity index (χ1n) is 6.80. The smallest absolute Gasteiger partial charge is 0.234 e. The van der Waals surface area contributed by atoms with Gasteiger partial charge in [0.2, 0.25) is 5.91 Å². The fourth-order valence-electron chi connectivity index (χ4n) is 2.71. The van der Waals surface area contributed by atoms with Gasteiger partial charge in [0, 0.05) is 12.6 Å². The van der Waals surface area contributed by atoms with Crippen molar-refractivity contribution in [2.75, 3.05) is 13.1 Å². The highest BCUT2D eigenvalue weighted by Crippen LogP contribution is 2.31. The Morgan fingerprint density at radius 3 is 2.82 bits per heavy atom. The van der Waals surface area contributed by atoms with Crippen LogP contribution in [0.4, 0.5) is 0 Å². The minimum absolute atomic E-state index is 0.0555. The maximum atomic E-state index is 11.4. The van der Waals surface area contributed by atoms with E-state index in [-0.39, 0.29) is 5.91 Å². The highest BCUT2D eigenvalue weighted by atomic mass is 16.3. The zero-order valence-electron chi connectivity index (χ0n) is 10.7. The van der Waals surface area contributed by atoms with Gasteiger partial charge < -0.3 is 15.7 Å². The van der Waals surface area contributed by atoms with E-state index in [1.165, 1.54) is 6.42 Å². The summed E-state index contributed by atoms with van der Waals surface area (Å²) in [6, 6.07) is 0.419. The van der Waals surface area contributed by atoms with Crippen LogP contribution in [0.1, 0.15) is 45.4 Å². The Labute approximate surface area is 103 Å². The van der Waals surface area contributed by atoms with E-state index in [2.05, 4.69) is 17.6 Å². The van der Waals surface area contributed by atoms with Crippen molar-refractivity contribution >= 4 is 5.91 Å². The van der Waals surface area contributed by atoms with Gasteiger partial charge in [0.1, 0.15) is 0 Å². The van der Waals surface area contributed by atoms with E-state index in [4.69, 9.17) is 0 Å². The van der Waals surface area contributed by atoms with E-state index in [9.17, 15) is 9.90 Å². The van der Waals surface area contributed by atoms with E-state index in [1.54, 1.807) is 0 Å². The second-order valence-corrected chi connectivity index (χ2v) is 5.87. The van der Waals surface area contributed by atoms with Gasteiger partial charge in [-0.3, -0.25) is 4.79 Å². The molecule has 0 aromatic heterocycles. The summed E-state index contributed by atoms with van der Waals surface area (Å²) in [6.45, 7) is 3.05. The van der Waals surface area contributed by atoms with Crippen molar-refractivity contribution in [1.82, 2.24) is 10.6 Å². The SMILES string of the molecule is CC1CCCC(O)(CNCC(=O)NC2CC2)C1. The minimum atomic E-state index is -0.600. The maximum absolute atomic E-state index is 11.4. The van der Waals surface area contributed by atoms with Crippen LogP contribution in [0.25, 0.3) is 0 Å². The van der Waals surface area contributed by atoms with Gasteiger partial charge in [-0.2, -0.15) is 0 Å². The number of nitrogens with one attached hydrogen (secondary N) is 2. The predicted molar refractivity (Wildman–Crippen MR) is 66.6 cm³/mol. The molecule has 0 spiro atoms. The van der Waals surface area contributed by atoms with Gasteiger partial charge >= 0.3 is 0 Å². The Morgan fingerprint density at radius 1 is 1.41 bits per heavy atom. The molecule has 1 amide bonds. The lowest BCUT2D eigenvalue weighted by Gasteiger charge is -2.35. The zero-order chi connectivity index (χ0) is 12.3. The molecule has 0 bridgehead atoms. The molecule has 0 aliphatic heterocycles. The van der Waals surface area contributed by atoms with E-state index < -0.39 is 5.60 Å². The topological polar surface area (TPSA) is 61.4 Å². The summed E-state index contributed by atoms with van der Waals surface area (Å²) in [5.41, 5.74) is -0.600. The molecule has 2 rings (SSSR count). The van der Waals surface area contributed by atoms with Crippen molar-refractivity contribution in [3.63, 3.8) is 0 Å². The fourth-order valence-corrected chi connectivity index (χ4v) is 2.71. The Balaban J connectivity index is 1.64. The van der Waals surface area contributed by atoms with Crippen LogP contribution in [0.3, 0.4) is 0 Å². The molecule has 2 atom stereocenters. The molecule has 0 saturated heterocycles. The predicted octanol–water partition coefficient (Wildman–Crippen LogP) is 0.796. The first kappa shape index (κ1) is 12.8. The van der Waals surface area contributed by atoms with Crippen LogP contribution in [0.2, 0.25) is 0 Å². The largest absolute Gasteiger partial charge is 0.389 e. The molecular weight excluding hydrogens is 216 g/mol. The van der Waals surface area contributed by atoms with E-state index in [0.29, 0.717) is 25.0 Å². The molecule has 3 N–H and O–H groups in total. The molecule has 2 unspecified atom stereocenters. The normalized spacial score (nSPS) is 33.4. The third-order valence-corrected chi connectivity index (χ3v) is 3.75. The van der Waals surface area contributed by atoms with Crippen molar-refractivity contribution in [2.45, 2.75) is 57.1 Å². The van der Waals surface area contributed by atoms with Crippen molar-refractivity contribution < 1.29 is 9.90 Å². The van der Waals surface area contributed by atoms with Crippen LogP contribution in [0.15, 0.2) is 0 Å². The van der Waals surface area contributed by atoms with Crippen LogP contribution < -0.4 is 10.6 Å². The number of carbonyl (C=O) groups excluding carboxylic acids is 1. The molecule has 2 aliphatic carbocycles. The summed E-state index contributed by atoms with van der Waals surface area (Å²) in [5, 5.41) is 16.4. The minimum Gasteiger partial charge on any atom is -0.389 e. The Bertz CT molecular complexity index is 279. The van der Waals surface area contributed by atoms with Gasteiger partial charge in [-0.1, -0.05) is 19.8 Å². The Morgan fingerprint density at radius 2 is 2.18 bits per heavy atom. The third-order valence-electron chi connectivity index (χ3n) is 3.75. The van der Waals surface area contributed by atoms with Crippen LogP contribution in [0, 0.1) is 5.92 Å². The van der Waals surface area contributed by atoms with E-state index in [0.717, 1.165) is 32.1 Å². The van der Waals surface area contributed by atoms with Crippen LogP contribution in [0.5, 0.6) is 0 Å². The van der Waals surface area contributed by atoms with Crippen molar-refractivity contribution in [1.29, 1.82) is 0 Å². The third kappa shape index (κ3) is 4.28. The van der Waals surface area contributed by atoms with Gasteiger partial charge in [0.15, 0.2) is 0 Å². The number of aliphatic hydroxyl groups is 1. The van der Waals surface area contributed by atoms with Crippen molar-refractivity contribution in [2.24, 2.45) is 5.92 Å². The molecule has 0 heterocycles. The number of hydrogen-bond acceptors (Lipinski definition) is 3. The lowest BCUT2D eigenvalue weighted by molar-refractivity contribution is -0.120. The van der Waals surface area contributed by atoms with Crippen molar-refractivity contribution in [3.05, 3.63) is 0 Å². The highest BCUT2D eigenvalue weighted by molar-refractivity contribution is 5.78. The molecule has 2 fully saturated rings. The molecule has 0 aromatic rings. The molecule has 0 radical (unpaired) electrons. The summed E-state index contributed by atoms with van der Waals surface area (Å²) < 4.78 is 0. The second-order valence-electron chi connectivity index (χ2n) is 5.87. The Kier molecular flexibility index (Phi) is 4.05. The second kappa shape index (κ2) is 5.36. The number of carbonyl (C=O) groups is 1. The van der Waals surface area contributed by atoms with Gasteiger partial charge in [-0.05, 0) is 31.6 Å². The van der Waals surface area contributed by atoms with E-state index in [1.807, 2.05) is 0 Å². The molecule has 2 saturated carbocycles. The van der Waals surface area contributed by atoms with Gasteiger partial charge in [-0.15, -0.1) is 0 Å². The van der Waals surface area contributed by atoms with Crippen LogP contribution >= 0.6 is 0 Å². The van der Waals surface area contributed by atoms with Crippen molar-refractivity contribution in [3.8, 4) is 0 Å². The van der Waals surface area contributed by atoms with Gasteiger partial charge in [0.05, 0.1) is 12.1 Å². The summed E-state index contributed by atoms with van der Waals surface area (Å²) in [5.74, 6) is 0.649. The fraction of sp³-hybridized carbons (Fsp3) is 0.923. The average molecular weight is 240 g/mol. The lowest BCUT2D eigenvalue weighted by Crippen LogP contribution is -2.46. The molecule has 0 aromatic carbocycles. The van der Waals surface area contributed by atoms with E-state index >= 15 is 0 Å². The maximum Gasteiger partial charge on any atom is 0.234 e. The summed E-state index contributed by atoms with van der Waals surface area (Å²) >= 11 is 0. The first-order chi connectivity index (χ1) is 8.07. The molecule has 98 valence electrons. The van der Waals surface area contributed by atoms with Crippen LogP contribution in [-0.4, -0.2) is 35.7 Å². The molecule has 2 aliphatic rings. The number of amides is 1. The average Bonchev–Trinajstić information content (AvgIpc) is 3.00. The lowest BCUT2D eigenvalue weighted by atomic mass is 9.79. The summed E-state index contributed by atoms with van der Waals surface area (Å²) in [7, 11) is 0. The number of rotatable bonds is 5. The monoisotopic (exact) mass is 240 g/mol. The summed E-state index contributed by atoms with van der Waals surface area (Å²) in [6.07, 6.45) is 6.25. The Hall–Kier alpha value is -0.610. The molecule has 4 heteroatoms. The molecular formula is C13H24N2O2. The zero-order valence-corrected chi connectivity index (χ0v) is 10.7.